The van der Waals surface area contributed by atoms with Gasteiger partial charge >= 0.3 is 12.8 Å². The van der Waals surface area contributed by atoms with E-state index in [1.807, 2.05) is 0 Å². The standard InChI is InChI=1S/C10H6BrF5O2/c1-4(17)7-5(10(14,15)16)2-3-6(11)8(7)18-9(12)13/h2-3,9H,1H3. The molecule has 0 unspecified atom stereocenters. The first-order chi connectivity index (χ1) is 8.14. The van der Waals surface area contributed by atoms with E-state index in [1.165, 1.54) is 0 Å². The first kappa shape index (κ1) is 14.9. The van der Waals surface area contributed by atoms with Crippen molar-refractivity contribution < 1.29 is 31.5 Å². The van der Waals surface area contributed by atoms with Gasteiger partial charge in [0, 0.05) is 0 Å². The van der Waals surface area contributed by atoms with Crippen LogP contribution in [0.2, 0.25) is 0 Å². The van der Waals surface area contributed by atoms with Gasteiger partial charge in [-0.1, -0.05) is 0 Å². The van der Waals surface area contributed by atoms with Crippen LogP contribution in [0.15, 0.2) is 16.6 Å². The van der Waals surface area contributed by atoms with Crippen molar-refractivity contribution in [2.24, 2.45) is 0 Å². The molecule has 0 atom stereocenters. The number of hydrogen-bond donors (Lipinski definition) is 0. The van der Waals surface area contributed by atoms with Crippen LogP contribution in [-0.2, 0) is 6.18 Å². The van der Waals surface area contributed by atoms with Gasteiger partial charge in [-0.3, -0.25) is 4.79 Å². The quantitative estimate of drug-likeness (QED) is 0.610. The third kappa shape index (κ3) is 3.18. The highest BCUT2D eigenvalue weighted by molar-refractivity contribution is 9.10. The number of Topliss-reactive ketones (excluding diaryl/α,β-unsaturated/α-hetero) is 1. The number of hydrogen-bond acceptors (Lipinski definition) is 2. The van der Waals surface area contributed by atoms with Crippen LogP contribution in [0.4, 0.5) is 22.0 Å². The summed E-state index contributed by atoms with van der Waals surface area (Å²) in [5, 5.41) is 0. The Balaban J connectivity index is 3.53. The number of ketones is 1. The summed E-state index contributed by atoms with van der Waals surface area (Å²) in [5.74, 6) is -1.83. The fourth-order valence-corrected chi connectivity index (χ4v) is 1.77. The molecule has 0 radical (unpaired) electrons. The van der Waals surface area contributed by atoms with Crippen LogP contribution in [0.1, 0.15) is 22.8 Å². The minimum absolute atomic E-state index is 0.152. The molecule has 0 amide bonds. The van der Waals surface area contributed by atoms with Crippen molar-refractivity contribution in [1.82, 2.24) is 0 Å². The van der Waals surface area contributed by atoms with Crippen LogP contribution in [0.3, 0.4) is 0 Å². The van der Waals surface area contributed by atoms with Crippen molar-refractivity contribution in [1.29, 1.82) is 0 Å². The number of ether oxygens (including phenoxy) is 1. The molecule has 1 aromatic carbocycles. The van der Waals surface area contributed by atoms with Gasteiger partial charge in [-0.25, -0.2) is 0 Å². The molecule has 0 saturated heterocycles. The van der Waals surface area contributed by atoms with E-state index in [0.29, 0.717) is 6.07 Å². The minimum atomic E-state index is -4.83. The number of benzene rings is 1. The third-order valence-electron chi connectivity index (χ3n) is 1.97. The smallest absolute Gasteiger partial charge is 0.417 e. The number of alkyl halides is 5. The second-order valence-corrected chi connectivity index (χ2v) is 4.09. The van der Waals surface area contributed by atoms with Gasteiger partial charge in [-0.05, 0) is 35.0 Å². The SMILES string of the molecule is CC(=O)c1c(C(F)(F)F)ccc(Br)c1OC(F)F. The molecule has 18 heavy (non-hydrogen) atoms. The fraction of sp³-hybridized carbons (Fsp3) is 0.300. The predicted molar refractivity (Wildman–Crippen MR) is 55.8 cm³/mol. The average Bonchev–Trinajstić information content (AvgIpc) is 2.17. The van der Waals surface area contributed by atoms with E-state index in [9.17, 15) is 26.7 Å². The molecule has 8 heteroatoms. The van der Waals surface area contributed by atoms with Gasteiger partial charge in [0.05, 0.1) is 15.6 Å². The van der Waals surface area contributed by atoms with Gasteiger partial charge in [-0.15, -0.1) is 0 Å². The molecule has 0 bridgehead atoms. The summed E-state index contributed by atoms with van der Waals surface area (Å²) in [6.45, 7) is -2.49. The van der Waals surface area contributed by atoms with Crippen LogP contribution in [0.5, 0.6) is 5.75 Å². The molecular weight excluding hydrogens is 327 g/mol. The van der Waals surface area contributed by atoms with Crippen molar-refractivity contribution in [2.75, 3.05) is 0 Å². The van der Waals surface area contributed by atoms with E-state index in [4.69, 9.17) is 0 Å². The number of carbonyl (C=O) groups excluding carboxylic acids is 1. The summed E-state index contributed by atoms with van der Waals surface area (Å²) in [4.78, 5) is 11.2. The Morgan fingerprint density at radius 2 is 1.89 bits per heavy atom. The minimum Gasteiger partial charge on any atom is -0.433 e. The van der Waals surface area contributed by atoms with Gasteiger partial charge < -0.3 is 4.74 Å². The van der Waals surface area contributed by atoms with Crippen molar-refractivity contribution in [2.45, 2.75) is 19.7 Å². The number of halogens is 6. The highest BCUT2D eigenvalue weighted by Gasteiger charge is 2.37. The molecule has 2 nitrogen and oxygen atoms in total. The van der Waals surface area contributed by atoms with Crippen LogP contribution in [0.25, 0.3) is 0 Å². The monoisotopic (exact) mass is 332 g/mol. The molecule has 0 N–H and O–H groups in total. The maximum Gasteiger partial charge on any atom is 0.417 e. The van der Waals surface area contributed by atoms with Gasteiger partial charge in [0.2, 0.25) is 0 Å². The van der Waals surface area contributed by atoms with Crippen LogP contribution < -0.4 is 4.74 Å². The topological polar surface area (TPSA) is 26.3 Å². The fourth-order valence-electron chi connectivity index (χ4n) is 1.35. The molecule has 0 aliphatic carbocycles. The van der Waals surface area contributed by atoms with Crippen LogP contribution in [0, 0.1) is 0 Å². The molecular formula is C10H6BrF5O2. The van der Waals surface area contributed by atoms with E-state index in [-0.39, 0.29) is 4.47 Å². The number of carbonyl (C=O) groups is 1. The zero-order valence-corrected chi connectivity index (χ0v) is 10.4. The second-order valence-electron chi connectivity index (χ2n) is 3.23. The molecule has 0 fully saturated rings. The average molecular weight is 333 g/mol. The van der Waals surface area contributed by atoms with Gasteiger partial charge in [-0.2, -0.15) is 22.0 Å². The number of rotatable bonds is 3. The Kier molecular flexibility index (Phi) is 4.31. The Morgan fingerprint density at radius 1 is 1.33 bits per heavy atom. The highest BCUT2D eigenvalue weighted by Crippen LogP contribution is 2.40. The van der Waals surface area contributed by atoms with E-state index >= 15 is 0 Å². The largest absolute Gasteiger partial charge is 0.433 e. The highest BCUT2D eigenvalue weighted by atomic mass is 79.9. The Bertz CT molecular complexity index is 470. The van der Waals surface area contributed by atoms with Gasteiger partial charge in [0.1, 0.15) is 0 Å². The van der Waals surface area contributed by atoms with E-state index in [2.05, 4.69) is 20.7 Å². The molecule has 0 aliphatic rings. The lowest BCUT2D eigenvalue weighted by molar-refractivity contribution is -0.138. The lowest BCUT2D eigenvalue weighted by Crippen LogP contribution is -2.15. The lowest BCUT2D eigenvalue weighted by atomic mass is 10.0. The summed E-state index contributed by atoms with van der Waals surface area (Å²) >= 11 is 2.77. The van der Waals surface area contributed by atoms with Gasteiger partial charge in [0.25, 0.3) is 0 Å². The maximum absolute atomic E-state index is 12.6. The van der Waals surface area contributed by atoms with Gasteiger partial charge in [0.15, 0.2) is 11.5 Å². The molecule has 100 valence electrons. The zero-order valence-electron chi connectivity index (χ0n) is 8.82. The summed E-state index contributed by atoms with van der Waals surface area (Å²) in [5.41, 5.74) is -2.23. The summed E-state index contributed by atoms with van der Waals surface area (Å²) in [6, 6.07) is 1.52. The molecule has 0 aliphatic heterocycles. The first-order valence-electron chi connectivity index (χ1n) is 4.50. The predicted octanol–water partition coefficient (Wildman–Crippen LogP) is 4.27. The molecule has 0 heterocycles. The zero-order chi connectivity index (χ0) is 14.1. The first-order valence-corrected chi connectivity index (χ1v) is 5.29. The van der Waals surface area contributed by atoms with Crippen molar-refractivity contribution >= 4 is 21.7 Å². The lowest BCUT2D eigenvalue weighted by Gasteiger charge is -2.16. The molecule has 0 aromatic heterocycles. The van der Waals surface area contributed by atoms with Crippen LogP contribution >= 0.6 is 15.9 Å². The Labute approximate surface area is 107 Å². The maximum atomic E-state index is 12.6. The van der Waals surface area contributed by atoms with Crippen LogP contribution in [-0.4, -0.2) is 12.4 Å². The Hall–Kier alpha value is -1.18. The summed E-state index contributed by atoms with van der Waals surface area (Å²) in [7, 11) is 0. The normalized spacial score (nSPS) is 11.8. The molecule has 0 saturated carbocycles. The summed E-state index contributed by atoms with van der Waals surface area (Å²) < 4.78 is 66.0. The Morgan fingerprint density at radius 3 is 2.28 bits per heavy atom. The van der Waals surface area contributed by atoms with Crippen molar-refractivity contribution in [3.8, 4) is 5.75 Å². The molecule has 1 aromatic rings. The van der Waals surface area contributed by atoms with E-state index in [1.54, 1.807) is 0 Å². The second kappa shape index (κ2) is 5.21. The van der Waals surface area contributed by atoms with Crippen molar-refractivity contribution in [3.05, 3.63) is 27.7 Å². The summed E-state index contributed by atoms with van der Waals surface area (Å²) in [6.07, 6.45) is -4.83. The molecule has 0 spiro atoms. The van der Waals surface area contributed by atoms with E-state index in [0.717, 1.165) is 13.0 Å². The third-order valence-corrected chi connectivity index (χ3v) is 2.60. The van der Waals surface area contributed by atoms with E-state index < -0.39 is 35.4 Å². The van der Waals surface area contributed by atoms with Crippen molar-refractivity contribution in [3.63, 3.8) is 0 Å². The molecule has 1 rings (SSSR count).